The summed E-state index contributed by atoms with van der Waals surface area (Å²) in [5, 5.41) is 5.92. The predicted octanol–water partition coefficient (Wildman–Crippen LogP) is 3.41. The van der Waals surface area contributed by atoms with E-state index in [1.165, 1.54) is 19.2 Å². The Hall–Kier alpha value is -1.90. The van der Waals surface area contributed by atoms with Crippen LogP contribution in [0.3, 0.4) is 0 Å². The molecule has 3 N–H and O–H groups in total. The maximum atomic E-state index is 13.0. The van der Waals surface area contributed by atoms with Crippen molar-refractivity contribution in [3.8, 4) is 5.75 Å². The van der Waals surface area contributed by atoms with Crippen LogP contribution in [0.25, 0.3) is 0 Å². The van der Waals surface area contributed by atoms with Crippen LogP contribution in [-0.2, 0) is 27.0 Å². The number of fused-ring (bicyclic) bond motifs is 1. The molecule has 13 heteroatoms. The van der Waals surface area contributed by atoms with Crippen molar-refractivity contribution in [1.82, 2.24) is 5.32 Å². The van der Waals surface area contributed by atoms with Gasteiger partial charge in [0.25, 0.3) is 5.24 Å². The summed E-state index contributed by atoms with van der Waals surface area (Å²) in [4.78, 5) is 49.3. The third-order valence-electron chi connectivity index (χ3n) is 5.76. The van der Waals surface area contributed by atoms with Crippen molar-refractivity contribution in [2.45, 2.75) is 36.6 Å². The van der Waals surface area contributed by atoms with Crippen LogP contribution in [0.5, 0.6) is 5.75 Å². The zero-order valence-corrected chi connectivity index (χ0v) is 19.1. The van der Waals surface area contributed by atoms with Gasteiger partial charge < -0.3 is 15.4 Å². The molecule has 2 aromatic carbocycles. The van der Waals surface area contributed by atoms with Gasteiger partial charge in [0.2, 0.25) is 17.7 Å². The van der Waals surface area contributed by atoms with E-state index in [1.54, 1.807) is 12.1 Å². The Balaban J connectivity index is 0.00000361. The van der Waals surface area contributed by atoms with E-state index in [2.05, 4.69) is 16.0 Å². The Labute approximate surface area is 250 Å². The SMILES string of the molecule is COc1ccc(C(CC(=O)Nc2cccc(C(F)(F)F)c2)C2SC(=O)NC2=O)c2c1NC(=O)CC2.[KH]. The molecular weight excluding hydrogens is 526 g/mol. The number of halogens is 3. The molecule has 4 rings (SSSR count). The number of alkyl halides is 3. The van der Waals surface area contributed by atoms with Crippen LogP contribution < -0.4 is 20.7 Å². The van der Waals surface area contributed by atoms with E-state index < -0.39 is 40.0 Å². The van der Waals surface area contributed by atoms with E-state index in [-0.39, 0.29) is 75.8 Å². The van der Waals surface area contributed by atoms with Crippen molar-refractivity contribution in [1.29, 1.82) is 0 Å². The van der Waals surface area contributed by atoms with Gasteiger partial charge in [-0.1, -0.05) is 23.9 Å². The third kappa shape index (κ3) is 6.32. The van der Waals surface area contributed by atoms with Gasteiger partial charge in [-0.3, -0.25) is 24.5 Å². The Morgan fingerprint density at radius 3 is 2.56 bits per heavy atom. The number of rotatable bonds is 6. The minimum absolute atomic E-state index is 0. The van der Waals surface area contributed by atoms with Crippen LogP contribution in [0.2, 0.25) is 0 Å². The summed E-state index contributed by atoms with van der Waals surface area (Å²) in [5.74, 6) is -1.81. The van der Waals surface area contributed by atoms with E-state index in [4.69, 9.17) is 4.74 Å². The fraction of sp³-hybridized carbons (Fsp3) is 0.304. The van der Waals surface area contributed by atoms with Crippen LogP contribution in [0.1, 0.15) is 35.4 Å². The van der Waals surface area contributed by atoms with E-state index >= 15 is 0 Å². The number of thioether (sulfide) groups is 1. The molecule has 8 nitrogen and oxygen atoms in total. The number of benzene rings is 2. The van der Waals surface area contributed by atoms with Gasteiger partial charge in [0.1, 0.15) is 11.0 Å². The van der Waals surface area contributed by atoms with Crippen molar-refractivity contribution in [2.75, 3.05) is 17.7 Å². The second-order valence-corrected chi connectivity index (χ2v) is 9.13. The number of hydrogen-bond donors (Lipinski definition) is 3. The summed E-state index contributed by atoms with van der Waals surface area (Å²) in [6.07, 6.45) is -4.36. The number of carbonyl (C=O) groups excluding carboxylic acids is 4. The molecule has 0 aromatic heterocycles. The molecule has 1 saturated heterocycles. The summed E-state index contributed by atoms with van der Waals surface area (Å²) in [7, 11) is 1.44. The molecule has 0 saturated carbocycles. The molecule has 186 valence electrons. The molecule has 2 heterocycles. The van der Waals surface area contributed by atoms with Crippen molar-refractivity contribution < 1.29 is 37.1 Å². The monoisotopic (exact) mass is 547 g/mol. The van der Waals surface area contributed by atoms with Gasteiger partial charge in [-0.05, 0) is 41.8 Å². The molecule has 1 fully saturated rings. The Bertz CT molecular complexity index is 1220. The Morgan fingerprint density at radius 2 is 1.92 bits per heavy atom. The number of methoxy groups -OCH3 is 1. The van der Waals surface area contributed by atoms with E-state index in [0.717, 1.165) is 23.9 Å². The summed E-state index contributed by atoms with van der Waals surface area (Å²) in [6, 6.07) is 7.48. The van der Waals surface area contributed by atoms with E-state index in [0.29, 0.717) is 29.0 Å². The first-order chi connectivity index (χ1) is 16.6. The van der Waals surface area contributed by atoms with Crippen molar-refractivity contribution >= 4 is 97.5 Å². The normalized spacial score (nSPS) is 17.9. The van der Waals surface area contributed by atoms with Gasteiger partial charge >= 0.3 is 57.6 Å². The van der Waals surface area contributed by atoms with Gasteiger partial charge in [-0.2, -0.15) is 13.2 Å². The van der Waals surface area contributed by atoms with E-state index in [1.807, 2.05) is 0 Å². The molecule has 2 unspecified atom stereocenters. The summed E-state index contributed by atoms with van der Waals surface area (Å²) in [6.45, 7) is 0. The van der Waals surface area contributed by atoms with Crippen LogP contribution >= 0.6 is 11.8 Å². The minimum atomic E-state index is -4.57. The second-order valence-electron chi connectivity index (χ2n) is 8.01. The van der Waals surface area contributed by atoms with Gasteiger partial charge in [0.05, 0.1) is 18.4 Å². The molecule has 36 heavy (non-hydrogen) atoms. The molecule has 0 aliphatic carbocycles. The van der Waals surface area contributed by atoms with Crippen molar-refractivity contribution in [3.63, 3.8) is 0 Å². The van der Waals surface area contributed by atoms with Gasteiger partial charge in [-0.15, -0.1) is 0 Å². The fourth-order valence-corrected chi connectivity index (χ4v) is 5.17. The first kappa shape index (κ1) is 28.7. The first-order valence-electron chi connectivity index (χ1n) is 10.5. The van der Waals surface area contributed by atoms with Crippen molar-refractivity contribution in [3.05, 3.63) is 53.1 Å². The number of imide groups is 1. The topological polar surface area (TPSA) is 114 Å². The second kappa shape index (κ2) is 11.7. The molecule has 0 spiro atoms. The molecule has 2 aliphatic heterocycles. The van der Waals surface area contributed by atoms with Crippen LogP contribution in [0.15, 0.2) is 36.4 Å². The number of anilines is 2. The number of carbonyl (C=O) groups is 4. The quantitative estimate of drug-likeness (QED) is 0.478. The predicted molar refractivity (Wildman–Crippen MR) is 129 cm³/mol. The Kier molecular flexibility index (Phi) is 9.28. The van der Waals surface area contributed by atoms with Gasteiger partial charge in [-0.25, -0.2) is 0 Å². The molecule has 0 bridgehead atoms. The molecular formula is C23H21F3KN3O5S. The number of hydrogen-bond acceptors (Lipinski definition) is 6. The van der Waals surface area contributed by atoms with Crippen LogP contribution in [0, 0.1) is 0 Å². The van der Waals surface area contributed by atoms with Gasteiger partial charge in [0.15, 0.2) is 0 Å². The van der Waals surface area contributed by atoms with E-state index in [9.17, 15) is 32.3 Å². The summed E-state index contributed by atoms with van der Waals surface area (Å²) < 4.78 is 44.4. The van der Waals surface area contributed by atoms with Crippen LogP contribution in [0.4, 0.5) is 29.3 Å². The first-order valence-corrected chi connectivity index (χ1v) is 11.4. The zero-order chi connectivity index (χ0) is 25.3. The molecule has 2 atom stereocenters. The number of nitrogens with one attached hydrogen (secondary N) is 3. The average molecular weight is 548 g/mol. The molecule has 4 amide bonds. The average Bonchev–Trinajstić information content (AvgIpc) is 3.14. The third-order valence-corrected chi connectivity index (χ3v) is 6.87. The number of ether oxygens (including phenoxy) is 1. The van der Waals surface area contributed by atoms with Gasteiger partial charge in [0, 0.05) is 24.4 Å². The maximum absolute atomic E-state index is 13.0. The fourth-order valence-electron chi connectivity index (χ4n) is 4.21. The number of amides is 4. The molecule has 2 aliphatic rings. The molecule has 2 aromatic rings. The van der Waals surface area contributed by atoms with Crippen LogP contribution in [-0.4, -0.2) is 86.7 Å². The zero-order valence-electron chi connectivity index (χ0n) is 18.3. The van der Waals surface area contributed by atoms with Crippen molar-refractivity contribution in [2.24, 2.45) is 0 Å². The molecule has 0 radical (unpaired) electrons. The Morgan fingerprint density at radius 1 is 1.17 bits per heavy atom. The summed E-state index contributed by atoms with van der Waals surface area (Å²) >= 11 is 0.745. The standard InChI is InChI=1S/C23H20F3N3O5S.K.H/c1-34-16-7-5-13(14-6-8-17(30)28-19(14)16)15(20-21(32)29-22(33)35-20)10-18(31)27-12-4-2-3-11(9-12)23(24,25)26;;/h2-5,7,9,15,20H,6,8,10H2,1H3,(H,27,31)(H,28,30)(H,29,32,33);;. The summed E-state index contributed by atoms with van der Waals surface area (Å²) in [5.41, 5.74) is 0.713.